The van der Waals surface area contributed by atoms with Gasteiger partial charge in [0.15, 0.2) is 29.1 Å². The van der Waals surface area contributed by atoms with Gasteiger partial charge in [-0.1, -0.05) is 18.2 Å². The van der Waals surface area contributed by atoms with Crippen molar-refractivity contribution in [3.63, 3.8) is 0 Å². The molecule has 2 aliphatic carbocycles. The first-order chi connectivity index (χ1) is 18.4. The molecule has 2 aromatic rings. The van der Waals surface area contributed by atoms with E-state index in [2.05, 4.69) is 0 Å². The van der Waals surface area contributed by atoms with E-state index in [0.29, 0.717) is 10.9 Å². The van der Waals surface area contributed by atoms with Crippen LogP contribution >= 0.6 is 0 Å². The van der Waals surface area contributed by atoms with Crippen LogP contribution in [0.1, 0.15) is 42.6 Å². The molecule has 0 amide bonds. The number of ketones is 3. The molecule has 1 heterocycles. The maximum absolute atomic E-state index is 14.3. The first-order valence-corrected chi connectivity index (χ1v) is 12.7. The van der Waals surface area contributed by atoms with E-state index in [1.165, 1.54) is 19.9 Å². The average Bonchev–Trinajstić information content (AvgIpc) is 2.89. The lowest BCUT2D eigenvalue weighted by atomic mass is 9.63. The summed E-state index contributed by atoms with van der Waals surface area (Å²) in [6.07, 6.45) is -4.70. The summed E-state index contributed by atoms with van der Waals surface area (Å²) in [5, 5.41) is 64.0. The molecule has 11 heteroatoms. The fourth-order valence-corrected chi connectivity index (χ4v) is 6.15. The van der Waals surface area contributed by atoms with Gasteiger partial charge < -0.3 is 40.1 Å². The van der Waals surface area contributed by atoms with E-state index >= 15 is 0 Å². The van der Waals surface area contributed by atoms with Crippen molar-refractivity contribution >= 4 is 28.1 Å². The molecule has 1 aliphatic heterocycles. The third kappa shape index (κ3) is 4.00. The highest BCUT2D eigenvalue weighted by molar-refractivity contribution is 6.14. The molecule has 1 fully saturated rings. The lowest BCUT2D eigenvalue weighted by Gasteiger charge is -2.50. The van der Waals surface area contributed by atoms with E-state index in [9.17, 15) is 45.0 Å². The zero-order valence-corrected chi connectivity index (χ0v) is 21.3. The van der Waals surface area contributed by atoms with Gasteiger partial charge in [-0.3, -0.25) is 14.4 Å². The Bertz CT molecular complexity index is 1410. The molecule has 1 saturated heterocycles. The van der Waals surface area contributed by atoms with Crippen LogP contribution in [0.3, 0.4) is 0 Å². The number of benzene rings is 2. The molecule has 0 bridgehead atoms. The molecule has 6 N–H and O–H groups in total. The second-order valence-corrected chi connectivity index (χ2v) is 10.5. The largest absolute Gasteiger partial charge is 0.507 e. The smallest absolute Gasteiger partial charge is 0.203 e. The zero-order chi connectivity index (χ0) is 28.4. The number of hydrogen-bond donors (Lipinski definition) is 6. The number of phenols is 2. The number of hydrogen-bond acceptors (Lipinski definition) is 11. The maximum Gasteiger partial charge on any atom is 0.203 e. The molecule has 11 nitrogen and oxygen atoms in total. The Balaban J connectivity index is 1.65. The van der Waals surface area contributed by atoms with Crippen molar-refractivity contribution in [2.75, 3.05) is 6.61 Å². The van der Waals surface area contributed by atoms with Crippen molar-refractivity contribution in [1.29, 1.82) is 0 Å². The quantitative estimate of drug-likeness (QED) is 0.307. The Morgan fingerprint density at radius 2 is 1.92 bits per heavy atom. The molecular weight excluding hydrogens is 512 g/mol. The molecule has 0 aromatic heterocycles. The molecule has 3 aliphatic rings. The van der Waals surface area contributed by atoms with Crippen LogP contribution in [0.25, 0.3) is 10.8 Å². The van der Waals surface area contributed by atoms with Crippen molar-refractivity contribution in [2.24, 2.45) is 5.92 Å². The third-order valence-electron chi connectivity index (χ3n) is 8.35. The summed E-state index contributed by atoms with van der Waals surface area (Å²) in [5.41, 5.74) is -4.13. The van der Waals surface area contributed by atoms with Crippen LogP contribution < -0.4 is 0 Å². The summed E-state index contributed by atoms with van der Waals surface area (Å²) in [4.78, 5) is 38.9. The number of aliphatic hydroxyl groups excluding tert-OH is 3. The van der Waals surface area contributed by atoms with Gasteiger partial charge in [0.25, 0.3) is 0 Å². The molecule has 0 saturated carbocycles. The van der Waals surface area contributed by atoms with Crippen LogP contribution in [0.15, 0.2) is 35.9 Å². The highest BCUT2D eigenvalue weighted by Crippen LogP contribution is 2.50. The molecule has 2 aromatic carbocycles. The zero-order valence-electron chi connectivity index (χ0n) is 21.3. The van der Waals surface area contributed by atoms with Crippen molar-refractivity contribution in [3.8, 4) is 11.5 Å². The SMILES string of the molecule is CC(=O)C1=C[C@]2(O[C@H]3CC[C@@](O)(C(=O)CO)[C@H](C)O3)C(=O)c3c(cc4cccc(O)c4c3O)C[C@@H]2[C@@H](O)[C@H]1O. The summed E-state index contributed by atoms with van der Waals surface area (Å²) in [6.45, 7) is 1.68. The number of fused-ring (bicyclic) bond motifs is 3. The molecule has 5 rings (SSSR count). The Kier molecular flexibility index (Phi) is 6.65. The summed E-state index contributed by atoms with van der Waals surface area (Å²) in [5.74, 6) is -4.12. The summed E-state index contributed by atoms with van der Waals surface area (Å²) >= 11 is 0. The van der Waals surface area contributed by atoms with Gasteiger partial charge in [-0.15, -0.1) is 0 Å². The van der Waals surface area contributed by atoms with Crippen molar-refractivity contribution in [1.82, 2.24) is 0 Å². The number of rotatable bonds is 5. The number of aromatic hydroxyl groups is 2. The second kappa shape index (κ2) is 9.47. The van der Waals surface area contributed by atoms with Crippen molar-refractivity contribution in [2.45, 2.75) is 68.9 Å². The minimum absolute atomic E-state index is 0.0421. The number of ether oxygens (including phenoxy) is 2. The minimum atomic E-state index is -2.08. The van der Waals surface area contributed by atoms with Gasteiger partial charge >= 0.3 is 0 Å². The predicted octanol–water partition coefficient (Wildman–Crippen LogP) is 0.430. The highest BCUT2D eigenvalue weighted by atomic mass is 16.7. The number of Topliss-reactive ketones (excluding diaryl/α,β-unsaturated/α-hetero) is 3. The first-order valence-electron chi connectivity index (χ1n) is 12.7. The minimum Gasteiger partial charge on any atom is -0.507 e. The van der Waals surface area contributed by atoms with Gasteiger partial charge in [0.1, 0.15) is 24.2 Å². The average molecular weight is 543 g/mol. The highest BCUT2D eigenvalue weighted by Gasteiger charge is 2.60. The van der Waals surface area contributed by atoms with Gasteiger partial charge in [0, 0.05) is 17.9 Å². The fourth-order valence-electron chi connectivity index (χ4n) is 6.15. The number of phenolic OH excluding ortho intramolecular Hbond substituents is 2. The van der Waals surface area contributed by atoms with Gasteiger partial charge in [0.2, 0.25) is 5.78 Å². The third-order valence-corrected chi connectivity index (χ3v) is 8.35. The van der Waals surface area contributed by atoms with Crippen LogP contribution in [0.2, 0.25) is 0 Å². The normalized spacial score (nSPS) is 34.3. The number of aliphatic hydroxyl groups is 4. The van der Waals surface area contributed by atoms with Gasteiger partial charge in [-0.2, -0.15) is 0 Å². The topological polar surface area (TPSA) is 191 Å². The molecule has 208 valence electrons. The van der Waals surface area contributed by atoms with Gasteiger partial charge in [-0.25, -0.2) is 0 Å². The summed E-state index contributed by atoms with van der Waals surface area (Å²) in [7, 11) is 0. The Hall–Kier alpha value is -3.19. The van der Waals surface area contributed by atoms with Crippen molar-refractivity contribution in [3.05, 3.63) is 47.0 Å². The molecule has 39 heavy (non-hydrogen) atoms. The first kappa shape index (κ1) is 27.4. The van der Waals surface area contributed by atoms with Crippen LogP contribution in [0.4, 0.5) is 0 Å². The Morgan fingerprint density at radius 3 is 2.56 bits per heavy atom. The number of carbonyl (C=O) groups excluding carboxylic acids is 3. The Morgan fingerprint density at radius 1 is 1.21 bits per heavy atom. The number of carbonyl (C=O) groups is 3. The van der Waals surface area contributed by atoms with E-state index in [4.69, 9.17) is 9.47 Å². The molecule has 7 atom stereocenters. The molecular formula is C28H30O11. The maximum atomic E-state index is 14.3. The molecule has 0 unspecified atom stereocenters. The standard InChI is InChI=1S/C28H30O11/c1-12(30)16-10-28(39-20-6-7-27(37,13(2)38-20)19(32)11-29)17(24(34)23(16)33)9-15-8-14-4-3-5-18(31)21(14)25(35)22(15)26(28)36/h3-5,8,10,13,17,20,23-24,29,31,33-35,37H,6-7,9,11H2,1-2H3/t13-,17+,20-,23-,24+,27-,28+/m0/s1. The Labute approximate surface area is 222 Å². The second-order valence-electron chi connectivity index (χ2n) is 10.5. The lowest BCUT2D eigenvalue weighted by molar-refractivity contribution is -0.273. The van der Waals surface area contributed by atoms with E-state index in [1.807, 2.05) is 0 Å². The lowest BCUT2D eigenvalue weighted by Crippen LogP contribution is -2.63. The van der Waals surface area contributed by atoms with E-state index in [1.54, 1.807) is 18.2 Å². The monoisotopic (exact) mass is 542 g/mol. The van der Waals surface area contributed by atoms with Crippen LogP contribution in [-0.2, 0) is 25.5 Å². The summed E-state index contributed by atoms with van der Waals surface area (Å²) in [6, 6.07) is 6.18. The molecule has 0 spiro atoms. The van der Waals surface area contributed by atoms with Gasteiger partial charge in [-0.05, 0) is 49.8 Å². The van der Waals surface area contributed by atoms with Crippen LogP contribution in [0, 0.1) is 5.92 Å². The fraction of sp³-hybridized carbons (Fsp3) is 0.464. The van der Waals surface area contributed by atoms with E-state index in [0.717, 1.165) is 6.08 Å². The summed E-state index contributed by atoms with van der Waals surface area (Å²) < 4.78 is 12.0. The predicted molar refractivity (Wildman–Crippen MR) is 134 cm³/mol. The van der Waals surface area contributed by atoms with E-state index < -0.39 is 71.4 Å². The van der Waals surface area contributed by atoms with Gasteiger partial charge in [0.05, 0.1) is 23.2 Å². The van der Waals surface area contributed by atoms with E-state index in [-0.39, 0.29) is 41.5 Å². The molecule has 0 radical (unpaired) electrons. The van der Waals surface area contributed by atoms with Crippen molar-refractivity contribution < 1.29 is 54.5 Å². The van der Waals surface area contributed by atoms with Crippen LogP contribution in [-0.4, -0.2) is 90.4 Å². The van der Waals surface area contributed by atoms with Crippen LogP contribution in [0.5, 0.6) is 11.5 Å².